The van der Waals surface area contributed by atoms with E-state index in [2.05, 4.69) is 0 Å². The van der Waals surface area contributed by atoms with Crippen LogP contribution in [0.5, 0.6) is 0 Å². The minimum atomic E-state index is 0. The van der Waals surface area contributed by atoms with Gasteiger partial charge in [-0.05, 0) is 0 Å². The molecule has 5 heavy (non-hydrogen) atoms. The summed E-state index contributed by atoms with van der Waals surface area (Å²) >= 11 is 1.36. The SMILES string of the molecule is [O]=[AlH].[O]=[Ti].[Ti]. The molecule has 0 rings (SSSR count). The zero-order valence-electron chi connectivity index (χ0n) is 2.52. The van der Waals surface area contributed by atoms with E-state index in [4.69, 9.17) is 7.13 Å². The second kappa shape index (κ2) is 47.5. The molecule has 0 radical (unpaired) electrons. The standard InChI is InChI=1S/Al.2O.2Ti.H. The van der Waals surface area contributed by atoms with E-state index < -0.39 is 0 Å². The maximum Gasteiger partial charge on any atom is 0 e. The van der Waals surface area contributed by atoms with Gasteiger partial charge >= 0.3 is 43.8 Å². The van der Waals surface area contributed by atoms with Crippen molar-refractivity contribution in [1.82, 2.24) is 0 Å². The van der Waals surface area contributed by atoms with Gasteiger partial charge in [0.2, 0.25) is 0 Å². The summed E-state index contributed by atoms with van der Waals surface area (Å²) in [5, 5.41) is 0. The van der Waals surface area contributed by atoms with E-state index >= 15 is 0 Å². The summed E-state index contributed by atoms with van der Waals surface area (Å²) in [5.41, 5.74) is 0. The van der Waals surface area contributed by atoms with Crippen LogP contribution in [0.15, 0.2) is 0 Å². The quantitative estimate of drug-likeness (QED) is 0.426. The Kier molecular flexibility index (Phi) is 152. The van der Waals surface area contributed by atoms with Crippen LogP contribution in [-0.2, 0) is 49.3 Å². The molecule has 0 bridgehead atoms. The molecule has 5 heteroatoms. The van der Waals surface area contributed by atoms with Gasteiger partial charge in [0, 0.05) is 21.7 Å². The molecule has 0 atom stereocenters. The van der Waals surface area contributed by atoms with Crippen molar-refractivity contribution in [2.24, 2.45) is 0 Å². The second-order valence-corrected chi connectivity index (χ2v) is 0. The second-order valence-electron chi connectivity index (χ2n) is 0. The maximum atomic E-state index is 8.28. The van der Waals surface area contributed by atoms with Gasteiger partial charge in [-0.2, -0.15) is 0 Å². The van der Waals surface area contributed by atoms with Crippen LogP contribution in [0.2, 0.25) is 0 Å². The van der Waals surface area contributed by atoms with Gasteiger partial charge in [0.25, 0.3) is 0 Å². The first-order chi connectivity index (χ1) is 2.00. The summed E-state index contributed by atoms with van der Waals surface area (Å²) in [7, 11) is 0. The van der Waals surface area contributed by atoms with E-state index in [1.54, 1.807) is 0 Å². The predicted molar refractivity (Wildman–Crippen MR) is 8.52 cm³/mol. The van der Waals surface area contributed by atoms with Crippen molar-refractivity contribution in [2.45, 2.75) is 0 Å². The molecule has 0 aromatic carbocycles. The molecule has 0 aromatic rings. The van der Waals surface area contributed by atoms with Crippen LogP contribution in [0, 0.1) is 0 Å². The smallest absolute Gasteiger partial charge is 0 e. The van der Waals surface area contributed by atoms with Crippen molar-refractivity contribution in [2.75, 3.05) is 0 Å². The summed E-state index contributed by atoms with van der Waals surface area (Å²) in [6.45, 7) is 0. The van der Waals surface area contributed by atoms with Gasteiger partial charge < -0.3 is 0 Å². The molecule has 0 aliphatic rings. The zero-order valence-corrected chi connectivity index (χ0v) is 7.06. The first-order valence-electron chi connectivity index (χ1n) is 0.493. The first-order valence-corrected chi connectivity index (χ1v) is 1.71. The Bertz CT molecular complexity index is 9.61. The van der Waals surface area contributed by atoms with Crippen LogP contribution in [-0.4, -0.2) is 16.2 Å². The third-order valence-electron chi connectivity index (χ3n) is 0. The van der Waals surface area contributed by atoms with Crippen molar-refractivity contribution in [1.29, 1.82) is 0 Å². The molecule has 0 saturated carbocycles. The largest absolute Gasteiger partial charge is 0 e. The molecule has 0 N–H and O–H groups in total. The summed E-state index contributed by atoms with van der Waals surface area (Å²) < 4.78 is 16.5. The van der Waals surface area contributed by atoms with Gasteiger partial charge in [0.1, 0.15) is 0 Å². The Morgan fingerprint density at radius 3 is 1.20 bits per heavy atom. The average Bonchev–Trinajstić information content (AvgIpc) is 1.50. The number of rotatable bonds is 0. The summed E-state index contributed by atoms with van der Waals surface area (Å²) in [4.78, 5) is 0. The van der Waals surface area contributed by atoms with Crippen LogP contribution < -0.4 is 0 Å². The molecule has 0 unspecified atom stereocenters. The molecule has 0 amide bonds. The van der Waals surface area contributed by atoms with Gasteiger partial charge in [-0.3, -0.25) is 0 Å². The third kappa shape index (κ3) is 28.9. The molecular weight excluding hydrogens is 155 g/mol. The normalized spacial score (nSPS) is 1.20. The van der Waals surface area contributed by atoms with Crippen molar-refractivity contribution in [3.63, 3.8) is 0 Å². The zero-order chi connectivity index (χ0) is 4.00. The summed E-state index contributed by atoms with van der Waals surface area (Å²) in [6.07, 6.45) is 0. The minimum Gasteiger partial charge on any atom is 0 e. The van der Waals surface area contributed by atoms with Gasteiger partial charge in [-0.25, -0.2) is 0 Å². The molecule has 0 saturated heterocycles. The minimum absolute atomic E-state index is 0. The predicted octanol–water partition coefficient (Wildman–Crippen LogP) is -0.891. The van der Waals surface area contributed by atoms with E-state index in [-0.39, 0.29) is 21.7 Å². The summed E-state index contributed by atoms with van der Waals surface area (Å²) in [6, 6.07) is 0. The fourth-order valence-corrected chi connectivity index (χ4v) is 0. The Balaban J connectivity index is -0.0000000133. The Morgan fingerprint density at radius 1 is 1.20 bits per heavy atom. The van der Waals surface area contributed by atoms with Gasteiger partial charge in [0.05, 0.1) is 0 Å². The molecule has 24 valence electrons. The fraction of sp³-hybridized carbons (Fsp3) is 0. The Labute approximate surface area is 64.9 Å². The number of hydrogen-bond acceptors (Lipinski definition) is 2. The van der Waals surface area contributed by atoms with Gasteiger partial charge in [0.15, 0.2) is 0 Å². The first kappa shape index (κ1) is 16.0. The Hall–Kier alpha value is 1.56. The molecule has 0 aliphatic heterocycles. The van der Waals surface area contributed by atoms with Crippen LogP contribution in [0.3, 0.4) is 0 Å². The topological polar surface area (TPSA) is 34.1 Å². The molecule has 0 aromatic heterocycles. The molecule has 0 spiro atoms. The van der Waals surface area contributed by atoms with E-state index in [1.165, 1.54) is 0 Å². The van der Waals surface area contributed by atoms with Gasteiger partial charge in [-0.1, -0.05) is 0 Å². The van der Waals surface area contributed by atoms with Crippen LogP contribution in [0.4, 0.5) is 0 Å². The van der Waals surface area contributed by atoms with Crippen LogP contribution >= 0.6 is 0 Å². The van der Waals surface area contributed by atoms with Crippen LogP contribution in [0.25, 0.3) is 0 Å². The molecule has 0 aliphatic carbocycles. The molecule has 0 heterocycles. The fourth-order valence-electron chi connectivity index (χ4n) is 0. The monoisotopic (exact) mass is 156 g/mol. The third-order valence-corrected chi connectivity index (χ3v) is 0. The average molecular weight is 156 g/mol. The van der Waals surface area contributed by atoms with Crippen molar-refractivity contribution in [3.8, 4) is 0 Å². The van der Waals surface area contributed by atoms with Crippen LogP contribution in [0.1, 0.15) is 0 Å². The molecular formula is HAlO2Ti2. The van der Waals surface area contributed by atoms with E-state index in [0.29, 0.717) is 16.2 Å². The van der Waals surface area contributed by atoms with Crippen molar-refractivity contribution in [3.05, 3.63) is 0 Å². The molecule has 0 fully saturated rings. The van der Waals surface area contributed by atoms with E-state index in [9.17, 15) is 0 Å². The Morgan fingerprint density at radius 2 is 1.20 bits per heavy atom. The molecule has 2 nitrogen and oxygen atoms in total. The van der Waals surface area contributed by atoms with Crippen molar-refractivity contribution >= 4 is 16.2 Å². The number of hydrogen-bond donors (Lipinski definition) is 0. The van der Waals surface area contributed by atoms with Crippen molar-refractivity contribution < 1.29 is 49.3 Å². The maximum absolute atomic E-state index is 8.28. The summed E-state index contributed by atoms with van der Waals surface area (Å²) in [5.74, 6) is 0. The van der Waals surface area contributed by atoms with Gasteiger partial charge in [-0.15, -0.1) is 0 Å². The van der Waals surface area contributed by atoms with E-state index in [0.717, 1.165) is 20.4 Å². The van der Waals surface area contributed by atoms with E-state index in [1.807, 2.05) is 0 Å².